The maximum Gasteiger partial charge on any atom is 0.328 e. The second-order valence-corrected chi connectivity index (χ2v) is 10.8. The average molecular weight is 501 g/mol. The van der Waals surface area contributed by atoms with Gasteiger partial charge in [-0.2, -0.15) is 0 Å². The normalized spacial score (nSPS) is 27.2. The van der Waals surface area contributed by atoms with E-state index in [0.717, 1.165) is 12.1 Å². The molecule has 3 aliphatic heterocycles. The van der Waals surface area contributed by atoms with Crippen molar-refractivity contribution < 1.29 is 19.1 Å². The molecule has 3 amide bonds. The smallest absolute Gasteiger partial charge is 0.328 e. The number of phenolic OH excluding ortho intramolecular Hbond substituents is 1. The molecule has 2 aromatic rings. The maximum atomic E-state index is 14.3. The quantitative estimate of drug-likeness (QED) is 0.402. The number of imide groups is 1. The number of nitrogens with zero attached hydrogens (tertiary/aromatic N) is 2. The first-order chi connectivity index (χ1) is 16.6. The number of carbonyl (C=O) groups is 2. The lowest BCUT2D eigenvalue weighted by atomic mass is 9.72. The van der Waals surface area contributed by atoms with Gasteiger partial charge >= 0.3 is 6.03 Å². The second-order valence-electron chi connectivity index (χ2n) is 10.4. The van der Waals surface area contributed by atoms with Gasteiger partial charge in [-0.25, -0.2) is 9.18 Å². The molecular weight excluding hydrogens is 471 g/mol. The Balaban J connectivity index is 1.55. The van der Waals surface area contributed by atoms with Gasteiger partial charge < -0.3 is 20.6 Å². The van der Waals surface area contributed by atoms with E-state index in [9.17, 15) is 19.1 Å². The van der Waals surface area contributed by atoms with Crippen LogP contribution in [0.15, 0.2) is 36.4 Å². The standard InChI is InChI=1S/C26H30ClFN4O3/c1-14(2)13-29-7-8-31-24(34)26(3)12-18-17-10-19(27)20(28)11-21(17)30-22(18)23(32(26)25(31)35)15-5-4-6-16(33)9-15/h4-6,9-11,14,18,22-23,29-30,33H,7-8,12-13H2,1-3H3/t18?,22?,23-,26+/m1/s1. The minimum atomic E-state index is -1.09. The highest BCUT2D eigenvalue weighted by Crippen LogP contribution is 2.56. The number of hydrogen-bond acceptors (Lipinski definition) is 5. The first-order valence-electron chi connectivity index (χ1n) is 12.0. The van der Waals surface area contributed by atoms with E-state index >= 15 is 0 Å². The maximum absolute atomic E-state index is 14.3. The van der Waals surface area contributed by atoms with Crippen molar-refractivity contribution in [1.29, 1.82) is 0 Å². The number of carbonyl (C=O) groups excluding carboxylic acids is 2. The molecule has 2 aromatic carbocycles. The van der Waals surface area contributed by atoms with E-state index in [2.05, 4.69) is 24.5 Å². The number of rotatable bonds is 6. The van der Waals surface area contributed by atoms with Crippen LogP contribution in [-0.2, 0) is 4.79 Å². The lowest BCUT2D eigenvalue weighted by Gasteiger charge is -2.48. The summed E-state index contributed by atoms with van der Waals surface area (Å²) in [7, 11) is 0. The Morgan fingerprint density at radius 2 is 2.06 bits per heavy atom. The number of hydrogen-bond donors (Lipinski definition) is 3. The molecule has 3 aliphatic rings. The molecule has 5 rings (SSSR count). The van der Waals surface area contributed by atoms with E-state index in [1.165, 1.54) is 11.0 Å². The molecule has 4 atom stereocenters. The van der Waals surface area contributed by atoms with Gasteiger partial charge in [-0.15, -0.1) is 0 Å². The summed E-state index contributed by atoms with van der Waals surface area (Å²) in [5.74, 6) is -0.402. The molecule has 0 saturated carbocycles. The molecule has 186 valence electrons. The van der Waals surface area contributed by atoms with E-state index in [4.69, 9.17) is 11.6 Å². The highest BCUT2D eigenvalue weighted by atomic mass is 35.5. The summed E-state index contributed by atoms with van der Waals surface area (Å²) in [5.41, 5.74) is 1.08. The van der Waals surface area contributed by atoms with Crippen molar-refractivity contribution in [3.8, 4) is 5.75 Å². The van der Waals surface area contributed by atoms with Crippen molar-refractivity contribution in [3.05, 3.63) is 58.4 Å². The van der Waals surface area contributed by atoms with Crippen molar-refractivity contribution >= 4 is 29.2 Å². The number of phenols is 1. The molecule has 0 bridgehead atoms. The summed E-state index contributed by atoms with van der Waals surface area (Å²) < 4.78 is 14.3. The summed E-state index contributed by atoms with van der Waals surface area (Å²) in [4.78, 5) is 30.5. The number of aromatic hydroxyl groups is 1. The summed E-state index contributed by atoms with van der Waals surface area (Å²) >= 11 is 6.13. The number of nitrogens with one attached hydrogen (secondary N) is 2. The van der Waals surface area contributed by atoms with E-state index < -0.39 is 17.4 Å². The molecule has 2 unspecified atom stereocenters. The van der Waals surface area contributed by atoms with Crippen LogP contribution in [-0.4, -0.2) is 58.1 Å². The molecule has 0 radical (unpaired) electrons. The van der Waals surface area contributed by atoms with Crippen molar-refractivity contribution in [3.63, 3.8) is 0 Å². The predicted molar refractivity (Wildman–Crippen MR) is 132 cm³/mol. The molecule has 0 spiro atoms. The van der Waals surface area contributed by atoms with Gasteiger partial charge in [-0.1, -0.05) is 37.6 Å². The molecule has 3 heterocycles. The first-order valence-corrected chi connectivity index (χ1v) is 12.4. The molecule has 9 heteroatoms. The van der Waals surface area contributed by atoms with Crippen molar-refractivity contribution in [2.45, 2.75) is 50.7 Å². The number of urea groups is 1. The monoisotopic (exact) mass is 500 g/mol. The Hall–Kier alpha value is -2.84. The number of anilines is 1. The Kier molecular flexibility index (Phi) is 5.92. The fraction of sp³-hybridized carbons (Fsp3) is 0.462. The number of amides is 3. The highest BCUT2D eigenvalue weighted by Gasteiger charge is 2.63. The second kappa shape index (κ2) is 8.68. The summed E-state index contributed by atoms with van der Waals surface area (Å²) in [6, 6.07) is 8.54. The van der Waals surface area contributed by atoms with Crippen LogP contribution in [0.1, 0.15) is 50.3 Å². The fourth-order valence-corrected chi connectivity index (χ4v) is 6.04. The number of benzene rings is 2. The SMILES string of the molecule is CC(C)CNCCN1C(=O)N2[C@H](c3cccc(O)c3)C3Nc4cc(F)c(Cl)cc4C3C[C@@]2(C)C1=O. The minimum Gasteiger partial charge on any atom is -0.508 e. The van der Waals surface area contributed by atoms with Gasteiger partial charge in [-0.3, -0.25) is 9.69 Å². The van der Waals surface area contributed by atoms with Crippen LogP contribution in [0.25, 0.3) is 0 Å². The van der Waals surface area contributed by atoms with Gasteiger partial charge in [0.05, 0.1) is 17.1 Å². The van der Waals surface area contributed by atoms with Crippen molar-refractivity contribution in [2.24, 2.45) is 5.92 Å². The van der Waals surface area contributed by atoms with Gasteiger partial charge in [0, 0.05) is 24.7 Å². The fourth-order valence-electron chi connectivity index (χ4n) is 5.87. The highest BCUT2D eigenvalue weighted by molar-refractivity contribution is 6.31. The van der Waals surface area contributed by atoms with E-state index in [0.29, 0.717) is 30.1 Å². The molecular formula is C26H30ClFN4O3. The third-order valence-corrected chi connectivity index (χ3v) is 7.72. The third-order valence-electron chi connectivity index (χ3n) is 7.43. The van der Waals surface area contributed by atoms with Crippen LogP contribution in [0.2, 0.25) is 5.02 Å². The Bertz CT molecular complexity index is 1190. The summed E-state index contributed by atoms with van der Waals surface area (Å²) in [5, 5.41) is 16.9. The van der Waals surface area contributed by atoms with Gasteiger partial charge in [0.1, 0.15) is 17.1 Å². The molecule has 35 heavy (non-hydrogen) atoms. The van der Waals surface area contributed by atoms with Gasteiger partial charge in [-0.05, 0) is 61.2 Å². The molecule has 2 fully saturated rings. The van der Waals surface area contributed by atoms with Crippen LogP contribution in [0.4, 0.5) is 14.9 Å². The molecule has 0 aliphatic carbocycles. The van der Waals surface area contributed by atoms with Crippen LogP contribution in [0.3, 0.4) is 0 Å². The zero-order chi connectivity index (χ0) is 25.1. The summed E-state index contributed by atoms with van der Waals surface area (Å²) in [6.45, 7) is 7.60. The van der Waals surface area contributed by atoms with Crippen LogP contribution >= 0.6 is 11.6 Å². The largest absolute Gasteiger partial charge is 0.508 e. The molecule has 7 nitrogen and oxygen atoms in total. The first kappa shape index (κ1) is 23.9. The lowest BCUT2D eigenvalue weighted by molar-refractivity contribution is -0.135. The van der Waals surface area contributed by atoms with Gasteiger partial charge in [0.2, 0.25) is 0 Å². The average Bonchev–Trinajstić information content (AvgIpc) is 3.22. The van der Waals surface area contributed by atoms with E-state index in [-0.39, 0.29) is 41.2 Å². The zero-order valence-electron chi connectivity index (χ0n) is 20.0. The van der Waals surface area contributed by atoms with E-state index in [1.54, 1.807) is 29.2 Å². The summed E-state index contributed by atoms with van der Waals surface area (Å²) in [6.07, 6.45) is 0.384. The number of fused-ring (bicyclic) bond motifs is 4. The zero-order valence-corrected chi connectivity index (χ0v) is 20.8. The van der Waals surface area contributed by atoms with Crippen LogP contribution < -0.4 is 10.6 Å². The van der Waals surface area contributed by atoms with Gasteiger partial charge in [0.25, 0.3) is 5.91 Å². The lowest BCUT2D eigenvalue weighted by Crippen LogP contribution is -2.58. The van der Waals surface area contributed by atoms with E-state index in [1.807, 2.05) is 13.0 Å². The molecule has 2 saturated heterocycles. The Morgan fingerprint density at radius 1 is 1.29 bits per heavy atom. The third kappa shape index (κ3) is 3.83. The number of halogens is 2. The minimum absolute atomic E-state index is 0.0272. The van der Waals surface area contributed by atoms with Gasteiger partial charge in [0.15, 0.2) is 0 Å². The van der Waals surface area contributed by atoms with Crippen LogP contribution in [0, 0.1) is 11.7 Å². The Morgan fingerprint density at radius 3 is 2.77 bits per heavy atom. The van der Waals surface area contributed by atoms with Crippen molar-refractivity contribution in [2.75, 3.05) is 25.0 Å². The van der Waals surface area contributed by atoms with Crippen molar-refractivity contribution in [1.82, 2.24) is 15.1 Å². The molecule has 0 aromatic heterocycles. The Labute approximate surface area is 209 Å². The molecule has 3 N–H and O–H groups in total. The van der Waals surface area contributed by atoms with Crippen LogP contribution in [0.5, 0.6) is 5.75 Å². The topological polar surface area (TPSA) is 84.9 Å². The predicted octanol–water partition coefficient (Wildman–Crippen LogP) is 4.48. The number of piperidine rings is 1.